The van der Waals surface area contributed by atoms with Gasteiger partial charge in [-0.25, -0.2) is 0 Å². The fourth-order valence-corrected chi connectivity index (χ4v) is 3.57. The van der Waals surface area contributed by atoms with Crippen LogP contribution in [0, 0.1) is 10.8 Å². The molecule has 1 aromatic carbocycles. The largest absolute Gasteiger partial charge is 0.344 e. The molecule has 0 amide bonds. The maximum atomic E-state index is 2.54. The lowest BCUT2D eigenvalue weighted by atomic mass is 9.64. The van der Waals surface area contributed by atoms with E-state index >= 15 is 0 Å². The topological polar surface area (TPSA) is 4.93 Å². The second kappa shape index (κ2) is 4.75. The van der Waals surface area contributed by atoms with E-state index in [1.165, 1.54) is 27.0 Å². The zero-order chi connectivity index (χ0) is 17.2. The molecule has 124 valence electrons. The van der Waals surface area contributed by atoms with E-state index in [0.717, 1.165) is 6.42 Å². The van der Waals surface area contributed by atoms with E-state index in [0.29, 0.717) is 0 Å². The molecule has 0 fully saturated rings. The molecule has 1 heterocycles. The number of hydrogen-bond donors (Lipinski definition) is 0. The zero-order valence-electron chi connectivity index (χ0n) is 16.0. The number of fused-ring (bicyclic) bond motifs is 3. The van der Waals surface area contributed by atoms with E-state index in [4.69, 9.17) is 0 Å². The molecule has 0 radical (unpaired) electrons. The van der Waals surface area contributed by atoms with Gasteiger partial charge in [-0.15, -0.1) is 0 Å². The molecule has 2 aromatic rings. The van der Waals surface area contributed by atoms with Gasteiger partial charge in [0, 0.05) is 28.5 Å². The van der Waals surface area contributed by atoms with E-state index in [1.54, 1.807) is 0 Å². The van der Waals surface area contributed by atoms with E-state index in [9.17, 15) is 0 Å². The molecule has 1 aromatic heterocycles. The molecular weight excluding hydrogens is 278 g/mol. The highest BCUT2D eigenvalue weighted by molar-refractivity contribution is 5.84. The summed E-state index contributed by atoms with van der Waals surface area (Å²) in [7, 11) is 2.20. The molecule has 0 N–H and O–H groups in total. The number of nitrogens with zero attached hydrogens (tertiary/aromatic N) is 1. The van der Waals surface area contributed by atoms with Gasteiger partial charge in [0.05, 0.1) is 0 Å². The minimum absolute atomic E-state index is 0.183. The van der Waals surface area contributed by atoms with Crippen LogP contribution in [0.3, 0.4) is 0 Å². The zero-order valence-corrected chi connectivity index (χ0v) is 16.0. The smallest absolute Gasteiger partial charge is 0.0488 e. The predicted octanol–water partition coefficient (Wildman–Crippen LogP) is 4.49. The van der Waals surface area contributed by atoms with Crippen LogP contribution in [0.1, 0.15) is 60.5 Å². The van der Waals surface area contributed by atoms with E-state index in [1.807, 2.05) is 0 Å². The van der Waals surface area contributed by atoms with Crippen LogP contribution in [0.4, 0.5) is 0 Å². The Balaban J connectivity index is 2.39. The van der Waals surface area contributed by atoms with Gasteiger partial charge >= 0.3 is 0 Å². The Morgan fingerprint density at radius 3 is 2.26 bits per heavy atom. The van der Waals surface area contributed by atoms with Crippen LogP contribution < -0.4 is 10.6 Å². The summed E-state index contributed by atoms with van der Waals surface area (Å²) in [5.74, 6) is 0. The number of aromatic nitrogens is 1. The minimum Gasteiger partial charge on any atom is -0.344 e. The maximum Gasteiger partial charge on any atom is 0.0488 e. The van der Waals surface area contributed by atoms with Crippen molar-refractivity contribution >= 4 is 23.1 Å². The molecule has 1 atom stereocenters. The summed E-state index contributed by atoms with van der Waals surface area (Å²) >= 11 is 0. The lowest BCUT2D eigenvalue weighted by Gasteiger charge is -2.40. The van der Waals surface area contributed by atoms with Crippen molar-refractivity contribution in [3.8, 4) is 0 Å². The summed E-state index contributed by atoms with van der Waals surface area (Å²) in [6.07, 6.45) is 6.09. The van der Waals surface area contributed by atoms with Crippen molar-refractivity contribution in [2.75, 3.05) is 0 Å². The first-order chi connectivity index (χ1) is 10.4. The molecule has 0 saturated heterocycles. The summed E-state index contributed by atoms with van der Waals surface area (Å²) in [4.78, 5) is 0. The van der Waals surface area contributed by atoms with Crippen LogP contribution in [-0.4, -0.2) is 4.57 Å². The van der Waals surface area contributed by atoms with Gasteiger partial charge in [-0.3, -0.25) is 0 Å². The van der Waals surface area contributed by atoms with Gasteiger partial charge in [0.15, 0.2) is 0 Å². The quantitative estimate of drug-likeness (QED) is 0.675. The van der Waals surface area contributed by atoms with Crippen molar-refractivity contribution in [1.29, 1.82) is 0 Å². The fourth-order valence-electron chi connectivity index (χ4n) is 3.57. The molecule has 0 saturated carbocycles. The Morgan fingerprint density at radius 1 is 1.04 bits per heavy atom. The summed E-state index contributed by atoms with van der Waals surface area (Å²) < 4.78 is 2.36. The molecule has 1 nitrogen and oxygen atoms in total. The SMILES string of the molecule is Cn1c2c(c3cc(C(C)(C)C)ccc31)=CC(C)(C(C)(C)C)CC=2. The van der Waals surface area contributed by atoms with E-state index in [-0.39, 0.29) is 16.2 Å². The molecule has 23 heavy (non-hydrogen) atoms. The van der Waals surface area contributed by atoms with Gasteiger partial charge in [-0.2, -0.15) is 0 Å². The molecule has 1 heteroatoms. The van der Waals surface area contributed by atoms with Crippen molar-refractivity contribution in [2.24, 2.45) is 17.9 Å². The van der Waals surface area contributed by atoms with E-state index < -0.39 is 0 Å². The highest BCUT2D eigenvalue weighted by Crippen LogP contribution is 2.44. The predicted molar refractivity (Wildman–Crippen MR) is 102 cm³/mol. The van der Waals surface area contributed by atoms with Crippen molar-refractivity contribution in [2.45, 2.75) is 60.3 Å². The first-order valence-corrected chi connectivity index (χ1v) is 8.76. The van der Waals surface area contributed by atoms with Crippen LogP contribution >= 0.6 is 0 Å². The number of hydrogen-bond acceptors (Lipinski definition) is 0. The molecule has 0 bridgehead atoms. The van der Waals surface area contributed by atoms with Gasteiger partial charge in [0.1, 0.15) is 0 Å². The Bertz CT molecular complexity index is 881. The average molecular weight is 309 g/mol. The molecule has 1 aliphatic rings. The molecular formula is C22H31N. The first kappa shape index (κ1) is 16.4. The Kier molecular flexibility index (Phi) is 3.38. The fraction of sp³-hybridized carbons (Fsp3) is 0.545. The van der Waals surface area contributed by atoms with Crippen molar-refractivity contribution in [3.63, 3.8) is 0 Å². The Morgan fingerprint density at radius 2 is 1.70 bits per heavy atom. The summed E-state index contributed by atoms with van der Waals surface area (Å²) in [5.41, 5.74) is 3.39. The molecule has 0 aliphatic heterocycles. The van der Waals surface area contributed by atoms with Crippen LogP contribution in [0.25, 0.3) is 23.1 Å². The van der Waals surface area contributed by atoms with Crippen LogP contribution in [-0.2, 0) is 12.5 Å². The average Bonchev–Trinajstić information content (AvgIpc) is 2.69. The second-order valence-electron chi connectivity index (χ2n) is 9.56. The molecule has 0 spiro atoms. The number of benzene rings is 1. The molecule has 1 aliphatic carbocycles. The van der Waals surface area contributed by atoms with Crippen LogP contribution in [0.5, 0.6) is 0 Å². The lowest BCUT2D eigenvalue weighted by molar-refractivity contribution is 0.194. The van der Waals surface area contributed by atoms with Crippen molar-refractivity contribution in [3.05, 3.63) is 34.3 Å². The number of rotatable bonds is 0. The summed E-state index contributed by atoms with van der Waals surface area (Å²) in [6, 6.07) is 6.99. The first-order valence-electron chi connectivity index (χ1n) is 8.76. The standard InChI is InChI=1S/C22H31N/c1-20(2,3)15-9-10-18-16(13-15)17-14-22(7,21(4,5)6)12-11-19(17)23(18)8/h9-11,13-14H,12H2,1-8H3. The lowest BCUT2D eigenvalue weighted by Crippen LogP contribution is -2.40. The van der Waals surface area contributed by atoms with Crippen molar-refractivity contribution < 1.29 is 0 Å². The third-order valence-electron chi connectivity index (χ3n) is 6.05. The molecule has 3 rings (SSSR count). The van der Waals surface area contributed by atoms with Gasteiger partial charge in [-0.1, -0.05) is 66.7 Å². The minimum atomic E-state index is 0.183. The Hall–Kier alpha value is -1.50. The van der Waals surface area contributed by atoms with Gasteiger partial charge in [-0.05, 0) is 40.4 Å². The van der Waals surface area contributed by atoms with Crippen LogP contribution in [0.2, 0.25) is 0 Å². The highest BCUT2D eigenvalue weighted by atomic mass is 14.9. The summed E-state index contributed by atoms with van der Waals surface area (Å²) in [6.45, 7) is 16.3. The monoisotopic (exact) mass is 309 g/mol. The third-order valence-corrected chi connectivity index (χ3v) is 6.05. The van der Waals surface area contributed by atoms with Gasteiger partial charge < -0.3 is 4.57 Å². The van der Waals surface area contributed by atoms with Gasteiger partial charge in [0.25, 0.3) is 0 Å². The third kappa shape index (κ3) is 2.45. The van der Waals surface area contributed by atoms with Gasteiger partial charge in [0.2, 0.25) is 0 Å². The second-order valence-corrected chi connectivity index (χ2v) is 9.56. The number of aryl methyl sites for hydroxylation is 1. The summed E-state index contributed by atoms with van der Waals surface area (Å²) in [5, 5.41) is 4.21. The maximum absolute atomic E-state index is 2.54. The van der Waals surface area contributed by atoms with E-state index in [2.05, 4.69) is 90.4 Å². The van der Waals surface area contributed by atoms with Crippen molar-refractivity contribution in [1.82, 2.24) is 4.57 Å². The Labute approximate surface area is 140 Å². The normalized spacial score (nSPS) is 21.7. The molecule has 1 unspecified atom stereocenters. The van der Waals surface area contributed by atoms with Crippen LogP contribution in [0.15, 0.2) is 18.2 Å². The highest BCUT2D eigenvalue weighted by Gasteiger charge is 2.36.